The van der Waals surface area contributed by atoms with Crippen molar-refractivity contribution in [3.63, 3.8) is 0 Å². The first-order chi connectivity index (χ1) is 10.1. The largest absolute Gasteiger partial charge is 0.0955 e. The third-order valence-electron chi connectivity index (χ3n) is 3.82. The van der Waals surface area contributed by atoms with E-state index < -0.39 is 0 Å². The van der Waals surface area contributed by atoms with Crippen molar-refractivity contribution in [1.82, 2.24) is 0 Å². The number of rotatable bonds is 6. The fourth-order valence-corrected chi connectivity index (χ4v) is 2.41. The average Bonchev–Trinajstić information content (AvgIpc) is 2.48. The monoisotopic (exact) mass is 276 g/mol. The van der Waals surface area contributed by atoms with Crippen LogP contribution < -0.4 is 0 Å². The summed E-state index contributed by atoms with van der Waals surface area (Å²) in [5.41, 5.74) is 7.51. The Hall–Kier alpha value is -2.08. The Balaban J connectivity index is 1.86. The highest BCUT2D eigenvalue weighted by molar-refractivity contribution is 5.61. The summed E-state index contributed by atoms with van der Waals surface area (Å²) >= 11 is 0. The van der Waals surface area contributed by atoms with Gasteiger partial charge in [0, 0.05) is 0 Å². The molecule has 0 amide bonds. The van der Waals surface area contributed by atoms with Gasteiger partial charge in [0.15, 0.2) is 0 Å². The van der Waals surface area contributed by atoms with Crippen molar-refractivity contribution in [1.29, 1.82) is 0 Å². The minimum atomic E-state index is 1.12. The van der Waals surface area contributed by atoms with Crippen molar-refractivity contribution in [3.05, 3.63) is 83.9 Å². The number of benzene rings is 2. The smallest absolute Gasteiger partial charge is 0.0233 e. The Morgan fingerprint density at radius 3 is 1.29 bits per heavy atom. The molecule has 0 atom stereocenters. The summed E-state index contributed by atoms with van der Waals surface area (Å²) in [6.45, 7) is 12.0. The van der Waals surface area contributed by atoms with E-state index in [9.17, 15) is 0 Å². The molecule has 2 aromatic rings. The van der Waals surface area contributed by atoms with Crippen LogP contribution in [0.15, 0.2) is 61.7 Å². The highest BCUT2D eigenvalue weighted by atomic mass is 14.0. The van der Waals surface area contributed by atoms with Crippen molar-refractivity contribution in [2.75, 3.05) is 0 Å². The van der Waals surface area contributed by atoms with E-state index in [-0.39, 0.29) is 0 Å². The predicted molar refractivity (Wildman–Crippen MR) is 94.3 cm³/mol. The van der Waals surface area contributed by atoms with Gasteiger partial charge in [-0.05, 0) is 55.4 Å². The number of hydrogen-bond donors (Lipinski definition) is 0. The molecule has 21 heavy (non-hydrogen) atoms. The second-order valence-corrected chi connectivity index (χ2v) is 5.81. The Bertz CT molecular complexity index is 555. The van der Waals surface area contributed by atoms with Crippen LogP contribution in [-0.2, 0) is 12.8 Å². The lowest BCUT2D eigenvalue weighted by Crippen LogP contribution is -1.91. The first-order valence-electron chi connectivity index (χ1n) is 7.56. The molecule has 0 radical (unpaired) electrons. The van der Waals surface area contributed by atoms with E-state index in [1.54, 1.807) is 0 Å². The van der Waals surface area contributed by atoms with E-state index in [0.29, 0.717) is 0 Å². The molecule has 0 aliphatic carbocycles. The molecular weight excluding hydrogens is 252 g/mol. The van der Waals surface area contributed by atoms with Gasteiger partial charge >= 0.3 is 0 Å². The maximum Gasteiger partial charge on any atom is -0.0233 e. The SMILES string of the molecule is C=C(C)c1ccc(CCCc2ccc(C(=C)C)cc2)cc1. The molecule has 0 unspecified atom stereocenters. The summed E-state index contributed by atoms with van der Waals surface area (Å²) in [5, 5.41) is 0. The van der Waals surface area contributed by atoms with E-state index in [0.717, 1.165) is 24.0 Å². The Morgan fingerprint density at radius 1 is 0.667 bits per heavy atom. The third kappa shape index (κ3) is 4.46. The van der Waals surface area contributed by atoms with E-state index >= 15 is 0 Å². The van der Waals surface area contributed by atoms with Crippen molar-refractivity contribution in [2.24, 2.45) is 0 Å². The van der Waals surface area contributed by atoms with Gasteiger partial charge in [-0.15, -0.1) is 0 Å². The van der Waals surface area contributed by atoms with Gasteiger partial charge in [-0.25, -0.2) is 0 Å². The fourth-order valence-electron chi connectivity index (χ4n) is 2.41. The molecule has 0 N–H and O–H groups in total. The van der Waals surface area contributed by atoms with Crippen LogP contribution >= 0.6 is 0 Å². The van der Waals surface area contributed by atoms with Crippen molar-refractivity contribution in [3.8, 4) is 0 Å². The first-order valence-corrected chi connectivity index (χ1v) is 7.56. The van der Waals surface area contributed by atoms with Crippen LogP contribution in [0.25, 0.3) is 11.1 Å². The molecule has 2 rings (SSSR count). The minimum Gasteiger partial charge on any atom is -0.0955 e. The van der Waals surface area contributed by atoms with Crippen LogP contribution in [0.3, 0.4) is 0 Å². The van der Waals surface area contributed by atoms with Crippen LogP contribution in [0.1, 0.15) is 42.5 Å². The highest BCUT2D eigenvalue weighted by Crippen LogP contribution is 2.16. The predicted octanol–water partition coefficient (Wildman–Crippen LogP) is 5.93. The van der Waals surface area contributed by atoms with Crippen LogP contribution in [0.4, 0.5) is 0 Å². The standard InChI is InChI=1S/C21H24/c1-16(2)20-12-8-18(9-13-20)6-5-7-19-10-14-21(15-11-19)17(3)4/h8-15H,1,3,5-7H2,2,4H3. The van der Waals surface area contributed by atoms with Crippen molar-refractivity contribution < 1.29 is 0 Å². The summed E-state index contributed by atoms with van der Waals surface area (Å²) < 4.78 is 0. The number of aryl methyl sites for hydroxylation is 2. The molecule has 0 aromatic heterocycles. The molecule has 0 nitrogen and oxygen atoms in total. The third-order valence-corrected chi connectivity index (χ3v) is 3.82. The van der Waals surface area contributed by atoms with Gasteiger partial charge in [0.2, 0.25) is 0 Å². The lowest BCUT2D eigenvalue weighted by molar-refractivity contribution is 0.820. The van der Waals surface area contributed by atoms with Crippen LogP contribution in [0.2, 0.25) is 0 Å². The number of hydrogen-bond acceptors (Lipinski definition) is 0. The van der Waals surface area contributed by atoms with Gasteiger partial charge in [0.1, 0.15) is 0 Å². The molecule has 0 heteroatoms. The Kier molecular flexibility index (Phi) is 5.16. The van der Waals surface area contributed by atoms with Crippen LogP contribution in [-0.4, -0.2) is 0 Å². The molecule has 0 spiro atoms. The van der Waals surface area contributed by atoms with Gasteiger partial charge in [0.25, 0.3) is 0 Å². The van der Waals surface area contributed by atoms with E-state index in [1.165, 1.54) is 28.7 Å². The molecule has 108 valence electrons. The molecule has 0 heterocycles. The Labute approximate surface area is 128 Å². The zero-order valence-corrected chi connectivity index (χ0v) is 13.2. The molecule has 0 saturated carbocycles. The summed E-state index contributed by atoms with van der Waals surface area (Å²) in [5.74, 6) is 0. The summed E-state index contributed by atoms with van der Waals surface area (Å²) in [6, 6.07) is 17.5. The van der Waals surface area contributed by atoms with Gasteiger partial charge < -0.3 is 0 Å². The molecular formula is C21H24. The van der Waals surface area contributed by atoms with Gasteiger partial charge in [-0.1, -0.05) is 72.8 Å². The summed E-state index contributed by atoms with van der Waals surface area (Å²) in [6.07, 6.45) is 3.43. The second kappa shape index (κ2) is 7.08. The topological polar surface area (TPSA) is 0 Å². The quantitative estimate of drug-likeness (QED) is 0.613. The van der Waals surface area contributed by atoms with Crippen LogP contribution in [0.5, 0.6) is 0 Å². The normalized spacial score (nSPS) is 10.4. The maximum atomic E-state index is 3.97. The van der Waals surface area contributed by atoms with Gasteiger partial charge in [-0.3, -0.25) is 0 Å². The lowest BCUT2D eigenvalue weighted by atomic mass is 10.00. The first kappa shape index (κ1) is 15.3. The molecule has 0 aliphatic heterocycles. The van der Waals surface area contributed by atoms with Gasteiger partial charge in [0.05, 0.1) is 0 Å². The van der Waals surface area contributed by atoms with Gasteiger partial charge in [-0.2, -0.15) is 0 Å². The Morgan fingerprint density at radius 2 is 1.00 bits per heavy atom. The number of allylic oxidation sites excluding steroid dienone is 2. The van der Waals surface area contributed by atoms with Crippen molar-refractivity contribution in [2.45, 2.75) is 33.1 Å². The molecule has 2 aromatic carbocycles. The lowest BCUT2D eigenvalue weighted by Gasteiger charge is -2.06. The van der Waals surface area contributed by atoms with E-state index in [2.05, 4.69) is 61.7 Å². The molecule has 0 fully saturated rings. The zero-order valence-electron chi connectivity index (χ0n) is 13.2. The second-order valence-electron chi connectivity index (χ2n) is 5.81. The maximum absolute atomic E-state index is 3.97. The average molecular weight is 276 g/mol. The minimum absolute atomic E-state index is 1.12. The van der Waals surface area contributed by atoms with Crippen molar-refractivity contribution >= 4 is 11.1 Å². The van der Waals surface area contributed by atoms with Crippen LogP contribution in [0, 0.1) is 0 Å². The summed E-state index contributed by atoms with van der Waals surface area (Å²) in [7, 11) is 0. The van der Waals surface area contributed by atoms with E-state index in [4.69, 9.17) is 0 Å². The highest BCUT2D eigenvalue weighted by Gasteiger charge is 1.98. The van der Waals surface area contributed by atoms with E-state index in [1.807, 2.05) is 13.8 Å². The summed E-state index contributed by atoms with van der Waals surface area (Å²) in [4.78, 5) is 0. The fraction of sp³-hybridized carbons (Fsp3) is 0.238. The molecule has 0 aliphatic rings. The molecule has 0 saturated heterocycles. The zero-order chi connectivity index (χ0) is 15.2. The molecule has 0 bridgehead atoms.